The average Bonchev–Trinajstić information content (AvgIpc) is 2.57. The lowest BCUT2D eigenvalue weighted by atomic mass is 9.82. The van der Waals surface area contributed by atoms with Crippen LogP contribution in [0.4, 0.5) is 0 Å². The van der Waals surface area contributed by atoms with Gasteiger partial charge in [0.05, 0.1) is 6.61 Å². The van der Waals surface area contributed by atoms with Crippen LogP contribution in [0, 0.1) is 5.92 Å². The fourth-order valence-electron chi connectivity index (χ4n) is 3.19. The highest BCUT2D eigenvalue weighted by Crippen LogP contribution is 2.33. The van der Waals surface area contributed by atoms with Gasteiger partial charge in [-0.05, 0) is 56.1 Å². The molecular weight excluding hydrogens is 330 g/mol. The van der Waals surface area contributed by atoms with Crippen LogP contribution in [0.2, 0.25) is 0 Å². The van der Waals surface area contributed by atoms with E-state index in [1.807, 2.05) is 6.92 Å². The quantitative estimate of drug-likeness (QED) is 0.437. The van der Waals surface area contributed by atoms with Gasteiger partial charge in [0.15, 0.2) is 0 Å². The highest BCUT2D eigenvalue weighted by Gasteiger charge is 2.22. The van der Waals surface area contributed by atoms with Gasteiger partial charge in [-0.1, -0.05) is 38.8 Å². The Morgan fingerprint density at radius 3 is 2.70 bits per heavy atom. The Morgan fingerprint density at radius 1 is 1.43 bits per heavy atom. The summed E-state index contributed by atoms with van der Waals surface area (Å²) >= 11 is 5.49. The second kappa shape index (κ2) is 12.1. The van der Waals surface area contributed by atoms with Crippen LogP contribution in [0.5, 0.6) is 0 Å². The SMILES string of the molecule is CCCC(NOCC=CCl)=C1CCC(CC(C)S(=O)CC)CC1. The summed E-state index contributed by atoms with van der Waals surface area (Å²) in [5, 5.41) is 0.328. The third-order valence-electron chi connectivity index (χ3n) is 4.50. The smallest absolute Gasteiger partial charge is 0.0938 e. The summed E-state index contributed by atoms with van der Waals surface area (Å²) in [7, 11) is -0.662. The molecule has 1 N–H and O–H groups in total. The van der Waals surface area contributed by atoms with Crippen LogP contribution in [0.1, 0.15) is 65.7 Å². The number of hydrogen-bond acceptors (Lipinski definition) is 3. The summed E-state index contributed by atoms with van der Waals surface area (Å²) in [5.74, 6) is 1.49. The van der Waals surface area contributed by atoms with Gasteiger partial charge in [-0.25, -0.2) is 0 Å². The second-order valence-corrected chi connectivity index (χ2v) is 8.66. The van der Waals surface area contributed by atoms with Crippen molar-refractivity contribution in [2.45, 2.75) is 71.0 Å². The molecule has 0 spiro atoms. The van der Waals surface area contributed by atoms with E-state index >= 15 is 0 Å². The first-order valence-corrected chi connectivity index (χ1v) is 10.6. The van der Waals surface area contributed by atoms with Gasteiger partial charge in [-0.15, -0.1) is 0 Å². The average molecular weight is 362 g/mol. The fraction of sp³-hybridized carbons (Fsp3) is 0.778. The number of hydrogen-bond donors (Lipinski definition) is 1. The zero-order valence-corrected chi connectivity index (χ0v) is 16.3. The maximum atomic E-state index is 11.9. The van der Waals surface area contributed by atoms with Crippen molar-refractivity contribution in [1.82, 2.24) is 5.48 Å². The third-order valence-corrected chi connectivity index (χ3v) is 6.34. The Kier molecular flexibility index (Phi) is 10.9. The number of hydroxylamine groups is 1. The first-order valence-electron chi connectivity index (χ1n) is 8.83. The van der Waals surface area contributed by atoms with Gasteiger partial charge in [-0.3, -0.25) is 14.5 Å². The monoisotopic (exact) mass is 361 g/mol. The van der Waals surface area contributed by atoms with Crippen molar-refractivity contribution >= 4 is 22.4 Å². The van der Waals surface area contributed by atoms with Crippen molar-refractivity contribution in [1.29, 1.82) is 0 Å². The summed E-state index contributed by atoms with van der Waals surface area (Å²) in [6.45, 7) is 6.81. The minimum absolute atomic E-state index is 0.328. The minimum atomic E-state index is -0.662. The predicted octanol–water partition coefficient (Wildman–Crippen LogP) is 5.05. The minimum Gasteiger partial charge on any atom is -0.272 e. The molecule has 0 amide bonds. The van der Waals surface area contributed by atoms with Crippen molar-refractivity contribution < 1.29 is 9.05 Å². The molecule has 0 aromatic carbocycles. The summed E-state index contributed by atoms with van der Waals surface area (Å²) in [6.07, 6.45) is 9.68. The molecule has 2 atom stereocenters. The van der Waals surface area contributed by atoms with E-state index in [1.54, 1.807) is 6.08 Å². The van der Waals surface area contributed by atoms with Gasteiger partial charge in [0.25, 0.3) is 0 Å². The molecule has 0 saturated heterocycles. The molecule has 0 aromatic heterocycles. The molecule has 1 aliphatic carbocycles. The van der Waals surface area contributed by atoms with E-state index in [4.69, 9.17) is 16.4 Å². The lowest BCUT2D eigenvalue weighted by Crippen LogP contribution is -2.22. The second-order valence-electron chi connectivity index (χ2n) is 6.27. The Bertz CT molecular complexity index is 413. The van der Waals surface area contributed by atoms with Gasteiger partial charge in [-0.2, -0.15) is 0 Å². The zero-order valence-electron chi connectivity index (χ0n) is 14.8. The van der Waals surface area contributed by atoms with E-state index in [0.29, 0.717) is 17.8 Å². The molecule has 1 aliphatic rings. The normalized spacial score (nSPS) is 21.4. The van der Waals surface area contributed by atoms with Crippen molar-refractivity contribution in [2.24, 2.45) is 5.92 Å². The molecule has 1 rings (SSSR count). The summed E-state index contributed by atoms with van der Waals surface area (Å²) in [4.78, 5) is 5.46. The van der Waals surface area contributed by atoms with Crippen molar-refractivity contribution in [3.8, 4) is 0 Å². The Balaban J connectivity index is 2.50. The maximum absolute atomic E-state index is 11.9. The van der Waals surface area contributed by atoms with Gasteiger partial charge in [0.2, 0.25) is 0 Å². The number of nitrogens with one attached hydrogen (secondary N) is 1. The van der Waals surface area contributed by atoms with Crippen LogP contribution in [0.3, 0.4) is 0 Å². The first-order chi connectivity index (χ1) is 11.1. The molecule has 1 fully saturated rings. The van der Waals surface area contributed by atoms with Crippen LogP contribution in [0.15, 0.2) is 22.9 Å². The van der Waals surface area contributed by atoms with Crippen LogP contribution in [-0.4, -0.2) is 21.8 Å². The van der Waals surface area contributed by atoms with Crippen LogP contribution in [0.25, 0.3) is 0 Å². The summed E-state index contributed by atoms with van der Waals surface area (Å²) in [6, 6.07) is 0. The van der Waals surface area contributed by atoms with Gasteiger partial charge < -0.3 is 0 Å². The Labute approximate surface area is 149 Å². The van der Waals surface area contributed by atoms with Gasteiger partial charge in [0, 0.05) is 33.0 Å². The first kappa shape index (κ1) is 20.7. The van der Waals surface area contributed by atoms with E-state index in [9.17, 15) is 4.21 Å². The summed E-state index contributed by atoms with van der Waals surface area (Å²) in [5.41, 5.74) is 7.35. The molecular formula is C18H32ClNO2S. The highest BCUT2D eigenvalue weighted by molar-refractivity contribution is 7.85. The van der Waals surface area contributed by atoms with Gasteiger partial charge >= 0.3 is 0 Å². The molecule has 23 heavy (non-hydrogen) atoms. The van der Waals surface area contributed by atoms with E-state index < -0.39 is 10.8 Å². The molecule has 0 aromatic rings. The lowest BCUT2D eigenvalue weighted by molar-refractivity contribution is 0.0817. The molecule has 0 aliphatic heterocycles. The Hall–Kier alpha value is -0.320. The number of halogens is 1. The number of allylic oxidation sites excluding steroid dienone is 2. The molecule has 2 unspecified atom stereocenters. The van der Waals surface area contributed by atoms with E-state index in [2.05, 4.69) is 19.3 Å². The summed E-state index contributed by atoms with van der Waals surface area (Å²) < 4.78 is 11.9. The lowest BCUT2D eigenvalue weighted by Gasteiger charge is -2.28. The topological polar surface area (TPSA) is 38.3 Å². The van der Waals surface area contributed by atoms with E-state index in [0.717, 1.165) is 37.9 Å². The third kappa shape index (κ3) is 7.86. The molecule has 3 nitrogen and oxygen atoms in total. The standard InChI is InChI=1S/C18H32ClNO2S/c1-4-7-18(20-22-13-6-12-19)17-10-8-16(9-11-17)14-15(3)23(21)5-2/h6,12,15-16,20H,4-5,7-11,13-14H2,1-3H3. The molecule has 1 saturated carbocycles. The van der Waals surface area contributed by atoms with Crippen molar-refractivity contribution in [3.05, 3.63) is 22.9 Å². The van der Waals surface area contributed by atoms with Crippen LogP contribution >= 0.6 is 11.6 Å². The number of rotatable bonds is 10. The van der Waals surface area contributed by atoms with E-state index in [-0.39, 0.29) is 0 Å². The van der Waals surface area contributed by atoms with Crippen molar-refractivity contribution in [3.63, 3.8) is 0 Å². The van der Waals surface area contributed by atoms with Crippen molar-refractivity contribution in [2.75, 3.05) is 12.4 Å². The van der Waals surface area contributed by atoms with E-state index in [1.165, 1.54) is 29.6 Å². The maximum Gasteiger partial charge on any atom is 0.0938 e. The molecule has 0 radical (unpaired) electrons. The van der Waals surface area contributed by atoms with Crippen LogP contribution in [-0.2, 0) is 15.6 Å². The van der Waals surface area contributed by atoms with Crippen LogP contribution < -0.4 is 5.48 Å². The Morgan fingerprint density at radius 2 is 2.13 bits per heavy atom. The largest absolute Gasteiger partial charge is 0.272 e. The highest BCUT2D eigenvalue weighted by atomic mass is 35.5. The molecule has 0 bridgehead atoms. The fourth-order valence-corrected chi connectivity index (χ4v) is 4.32. The predicted molar refractivity (Wildman–Crippen MR) is 101 cm³/mol. The molecule has 5 heteroatoms. The zero-order chi connectivity index (χ0) is 17.1. The molecule has 0 heterocycles. The molecule has 134 valence electrons. The van der Waals surface area contributed by atoms with Gasteiger partial charge in [0.1, 0.15) is 0 Å².